The Hall–Kier alpha value is -1.33. The molecule has 1 aromatic carbocycles. The van der Waals surface area contributed by atoms with Crippen molar-refractivity contribution in [1.82, 2.24) is 10.2 Å². The molecular formula is C8H6N2O2S. The lowest BCUT2D eigenvalue weighted by atomic mass is 10.2. The van der Waals surface area contributed by atoms with Crippen molar-refractivity contribution < 1.29 is 8.76 Å². The van der Waals surface area contributed by atoms with Gasteiger partial charge >= 0.3 is 0 Å². The molecule has 13 heavy (non-hydrogen) atoms. The number of nitrogens with zero attached hydrogens (tertiary/aromatic N) is 2. The third-order valence-electron chi connectivity index (χ3n) is 1.65. The van der Waals surface area contributed by atoms with Gasteiger partial charge in [-0.05, 0) is 12.1 Å². The first-order chi connectivity index (χ1) is 6.27. The summed E-state index contributed by atoms with van der Waals surface area (Å²) in [6, 6.07) is 8.85. The second-order valence-electron chi connectivity index (χ2n) is 2.49. The monoisotopic (exact) mass is 194 g/mol. The maximum atomic E-state index is 10.7. The first-order valence-electron chi connectivity index (χ1n) is 3.61. The van der Waals surface area contributed by atoms with E-state index >= 15 is 0 Å². The van der Waals surface area contributed by atoms with Crippen molar-refractivity contribution in [2.75, 3.05) is 0 Å². The Morgan fingerprint density at radius 2 is 2.00 bits per heavy atom. The molecule has 2 rings (SSSR count). The van der Waals surface area contributed by atoms with Crippen LogP contribution < -0.4 is 0 Å². The van der Waals surface area contributed by atoms with E-state index in [0.717, 1.165) is 10.9 Å². The molecule has 0 aliphatic carbocycles. The van der Waals surface area contributed by atoms with Gasteiger partial charge in [-0.15, -0.1) is 10.2 Å². The van der Waals surface area contributed by atoms with E-state index in [0.29, 0.717) is 0 Å². The summed E-state index contributed by atoms with van der Waals surface area (Å²) in [5, 5.41) is 8.30. The summed E-state index contributed by atoms with van der Waals surface area (Å²) >= 11 is -2.06. The van der Waals surface area contributed by atoms with Gasteiger partial charge in [0.15, 0.2) is 5.03 Å². The van der Waals surface area contributed by atoms with Crippen LogP contribution >= 0.6 is 0 Å². The second kappa shape index (κ2) is 3.20. The standard InChI is InChI=1S/C8H6N2O2S/c11-13(12)8-5-6-3-1-2-4-7(6)9-10-8/h1-5H,(H,11,12). The lowest BCUT2D eigenvalue weighted by Gasteiger charge is -1.96. The van der Waals surface area contributed by atoms with Crippen molar-refractivity contribution in [3.63, 3.8) is 0 Å². The van der Waals surface area contributed by atoms with Gasteiger partial charge in [0, 0.05) is 5.39 Å². The smallest absolute Gasteiger partial charge is 0.207 e. The molecule has 0 aliphatic heterocycles. The summed E-state index contributed by atoms with van der Waals surface area (Å²) in [6.07, 6.45) is 0. The molecule has 0 fully saturated rings. The highest BCUT2D eigenvalue weighted by molar-refractivity contribution is 7.79. The minimum atomic E-state index is -2.06. The summed E-state index contributed by atoms with van der Waals surface area (Å²) in [5.41, 5.74) is 0.719. The van der Waals surface area contributed by atoms with Crippen molar-refractivity contribution in [3.8, 4) is 0 Å². The number of fused-ring (bicyclic) bond motifs is 1. The summed E-state index contributed by atoms with van der Waals surface area (Å²) in [4.78, 5) is 0. The Kier molecular flexibility index (Phi) is 2.03. The Morgan fingerprint density at radius 3 is 2.77 bits per heavy atom. The fourth-order valence-electron chi connectivity index (χ4n) is 1.05. The fraction of sp³-hybridized carbons (Fsp3) is 0. The molecule has 1 atom stereocenters. The number of benzene rings is 1. The quantitative estimate of drug-likeness (QED) is 0.693. The van der Waals surface area contributed by atoms with Crippen LogP contribution in [0.2, 0.25) is 0 Å². The fourth-order valence-corrected chi connectivity index (χ4v) is 1.39. The maximum Gasteiger partial charge on any atom is 0.207 e. The van der Waals surface area contributed by atoms with Crippen molar-refractivity contribution in [3.05, 3.63) is 30.3 Å². The molecular weight excluding hydrogens is 188 g/mol. The molecule has 0 spiro atoms. The minimum Gasteiger partial charge on any atom is -0.301 e. The predicted octanol–water partition coefficient (Wildman–Crippen LogP) is 1.21. The first-order valence-corrected chi connectivity index (χ1v) is 4.71. The molecule has 2 aromatic rings. The van der Waals surface area contributed by atoms with Crippen molar-refractivity contribution in [2.45, 2.75) is 5.03 Å². The second-order valence-corrected chi connectivity index (χ2v) is 3.41. The van der Waals surface area contributed by atoms with E-state index in [1.165, 1.54) is 0 Å². The van der Waals surface area contributed by atoms with E-state index in [1.807, 2.05) is 18.2 Å². The first kappa shape index (κ1) is 8.28. The molecule has 0 aliphatic rings. The van der Waals surface area contributed by atoms with Gasteiger partial charge in [-0.3, -0.25) is 0 Å². The highest BCUT2D eigenvalue weighted by atomic mass is 32.2. The summed E-state index contributed by atoms with van der Waals surface area (Å²) in [6.45, 7) is 0. The molecule has 0 saturated carbocycles. The Bertz CT molecular complexity index is 472. The maximum absolute atomic E-state index is 10.7. The largest absolute Gasteiger partial charge is 0.301 e. The average molecular weight is 194 g/mol. The summed E-state index contributed by atoms with van der Waals surface area (Å²) < 4.78 is 19.4. The molecule has 5 heteroatoms. The van der Waals surface area contributed by atoms with Gasteiger partial charge < -0.3 is 4.55 Å². The van der Waals surface area contributed by atoms with E-state index < -0.39 is 11.1 Å². The molecule has 0 bridgehead atoms. The van der Waals surface area contributed by atoms with Crippen molar-refractivity contribution in [2.24, 2.45) is 0 Å². The topological polar surface area (TPSA) is 63.1 Å². The molecule has 1 unspecified atom stereocenters. The van der Waals surface area contributed by atoms with Gasteiger partial charge in [0.25, 0.3) is 0 Å². The van der Waals surface area contributed by atoms with Gasteiger partial charge in [-0.2, -0.15) is 0 Å². The van der Waals surface area contributed by atoms with Gasteiger partial charge in [-0.1, -0.05) is 18.2 Å². The van der Waals surface area contributed by atoms with E-state index in [4.69, 9.17) is 4.55 Å². The van der Waals surface area contributed by atoms with Gasteiger partial charge in [-0.25, -0.2) is 4.21 Å². The third-order valence-corrected chi connectivity index (χ3v) is 2.21. The molecule has 0 amide bonds. The third kappa shape index (κ3) is 1.56. The lowest BCUT2D eigenvalue weighted by molar-refractivity contribution is 0.559. The van der Waals surface area contributed by atoms with Gasteiger partial charge in [0.05, 0.1) is 5.52 Å². The van der Waals surface area contributed by atoms with Crippen LogP contribution in [0.1, 0.15) is 0 Å². The highest BCUT2D eigenvalue weighted by Crippen LogP contribution is 2.11. The molecule has 1 N–H and O–H groups in total. The van der Waals surface area contributed by atoms with Crippen LogP contribution in [0.15, 0.2) is 35.4 Å². The van der Waals surface area contributed by atoms with Gasteiger partial charge in [0.1, 0.15) is 0 Å². The van der Waals surface area contributed by atoms with E-state index in [1.54, 1.807) is 12.1 Å². The molecule has 1 aromatic heterocycles. The number of hydrogen-bond donors (Lipinski definition) is 1. The average Bonchev–Trinajstić information content (AvgIpc) is 2.17. The van der Waals surface area contributed by atoms with Crippen molar-refractivity contribution >= 4 is 22.0 Å². The van der Waals surface area contributed by atoms with Crippen LogP contribution in [0.5, 0.6) is 0 Å². The summed E-state index contributed by atoms with van der Waals surface area (Å²) in [5.74, 6) is 0. The Labute approximate surface area is 76.9 Å². The van der Waals surface area contributed by atoms with Crippen molar-refractivity contribution in [1.29, 1.82) is 0 Å². The molecule has 1 heterocycles. The molecule has 0 radical (unpaired) electrons. The zero-order valence-corrected chi connectivity index (χ0v) is 7.36. The molecule has 66 valence electrons. The Balaban J connectivity index is 2.69. The number of hydrogen-bond acceptors (Lipinski definition) is 3. The number of aromatic nitrogens is 2. The highest BCUT2D eigenvalue weighted by Gasteiger charge is 2.03. The van der Waals surface area contributed by atoms with Crippen LogP contribution in [-0.4, -0.2) is 19.0 Å². The molecule has 4 nitrogen and oxygen atoms in total. The van der Waals surface area contributed by atoms with E-state index in [9.17, 15) is 4.21 Å². The number of rotatable bonds is 1. The Morgan fingerprint density at radius 1 is 1.23 bits per heavy atom. The van der Waals surface area contributed by atoms with Crippen LogP contribution in [0.4, 0.5) is 0 Å². The zero-order valence-electron chi connectivity index (χ0n) is 6.54. The SMILES string of the molecule is O=S(O)c1cc2ccccc2nn1. The lowest BCUT2D eigenvalue weighted by Crippen LogP contribution is -1.95. The van der Waals surface area contributed by atoms with Crippen LogP contribution in [0.25, 0.3) is 10.9 Å². The van der Waals surface area contributed by atoms with E-state index in [-0.39, 0.29) is 5.03 Å². The van der Waals surface area contributed by atoms with Crippen LogP contribution in [0, 0.1) is 0 Å². The van der Waals surface area contributed by atoms with Gasteiger partial charge in [0.2, 0.25) is 11.1 Å². The van der Waals surface area contributed by atoms with Crippen LogP contribution in [0.3, 0.4) is 0 Å². The zero-order chi connectivity index (χ0) is 9.26. The minimum absolute atomic E-state index is 0.0821. The normalized spacial score (nSPS) is 13.0. The van der Waals surface area contributed by atoms with Crippen LogP contribution in [-0.2, 0) is 11.1 Å². The van der Waals surface area contributed by atoms with E-state index in [2.05, 4.69) is 10.2 Å². The summed E-state index contributed by atoms with van der Waals surface area (Å²) in [7, 11) is 0. The molecule has 0 saturated heterocycles. The predicted molar refractivity (Wildman–Crippen MR) is 48.6 cm³/mol.